The lowest BCUT2D eigenvalue weighted by molar-refractivity contribution is -0.147. The van der Waals surface area contributed by atoms with Gasteiger partial charge in [0, 0.05) is 19.2 Å². The van der Waals surface area contributed by atoms with Crippen molar-refractivity contribution in [1.82, 2.24) is 4.90 Å². The van der Waals surface area contributed by atoms with E-state index in [9.17, 15) is 23.5 Å². The van der Waals surface area contributed by atoms with Gasteiger partial charge in [-0.2, -0.15) is 0 Å². The summed E-state index contributed by atoms with van der Waals surface area (Å²) in [6, 6.07) is 11.5. The minimum Gasteiger partial charge on any atom is -0.481 e. The summed E-state index contributed by atoms with van der Waals surface area (Å²) in [7, 11) is 0. The van der Waals surface area contributed by atoms with Crippen molar-refractivity contribution in [2.45, 2.75) is 26.7 Å². The molecule has 1 atom stereocenters. The third kappa shape index (κ3) is 5.13. The molecule has 1 unspecified atom stereocenters. The zero-order valence-corrected chi connectivity index (χ0v) is 18.1. The van der Waals surface area contributed by atoms with Crippen LogP contribution in [0.15, 0.2) is 48.5 Å². The second-order valence-electron chi connectivity index (χ2n) is 8.47. The molecular formula is C24H24ClF2NO3. The van der Waals surface area contributed by atoms with Crippen LogP contribution in [0.1, 0.15) is 31.4 Å². The van der Waals surface area contributed by atoms with E-state index in [0.29, 0.717) is 6.42 Å². The van der Waals surface area contributed by atoms with E-state index < -0.39 is 34.8 Å². The van der Waals surface area contributed by atoms with Crippen LogP contribution >= 0.6 is 11.6 Å². The molecule has 0 radical (unpaired) electrons. The van der Waals surface area contributed by atoms with Crippen LogP contribution in [0.3, 0.4) is 0 Å². The number of halogens is 3. The van der Waals surface area contributed by atoms with Crippen molar-refractivity contribution >= 4 is 29.1 Å². The summed E-state index contributed by atoms with van der Waals surface area (Å²) in [5.41, 5.74) is 0.139. The van der Waals surface area contributed by atoms with E-state index in [2.05, 4.69) is 0 Å². The Morgan fingerprint density at radius 3 is 2.48 bits per heavy atom. The van der Waals surface area contributed by atoms with Crippen molar-refractivity contribution in [3.05, 3.63) is 76.3 Å². The van der Waals surface area contributed by atoms with Crippen LogP contribution in [0.25, 0.3) is 5.57 Å². The molecule has 0 saturated carbocycles. The Kier molecular flexibility index (Phi) is 6.80. The molecule has 0 saturated heterocycles. The first-order valence-electron chi connectivity index (χ1n) is 10.00. The fourth-order valence-electron chi connectivity index (χ4n) is 4.00. The molecule has 1 amide bonds. The molecule has 0 bridgehead atoms. The molecule has 31 heavy (non-hydrogen) atoms. The lowest BCUT2D eigenvalue weighted by atomic mass is 9.75. The number of nitrogens with zero attached hydrogens (tertiary/aromatic N) is 1. The number of benzene rings is 2. The summed E-state index contributed by atoms with van der Waals surface area (Å²) < 4.78 is 28.5. The fourth-order valence-corrected chi connectivity index (χ4v) is 4.16. The van der Waals surface area contributed by atoms with E-state index in [0.717, 1.165) is 17.7 Å². The summed E-state index contributed by atoms with van der Waals surface area (Å²) >= 11 is 5.77. The van der Waals surface area contributed by atoms with E-state index in [1.54, 1.807) is 0 Å². The average molecular weight is 448 g/mol. The van der Waals surface area contributed by atoms with E-state index in [1.807, 2.05) is 44.2 Å². The van der Waals surface area contributed by atoms with Crippen LogP contribution in [0, 0.1) is 23.0 Å². The lowest BCUT2D eigenvalue weighted by Gasteiger charge is -2.38. The van der Waals surface area contributed by atoms with E-state index in [-0.39, 0.29) is 35.7 Å². The van der Waals surface area contributed by atoms with Gasteiger partial charge in [-0.15, -0.1) is 0 Å². The van der Waals surface area contributed by atoms with Crippen molar-refractivity contribution in [3.63, 3.8) is 0 Å². The molecule has 7 heteroatoms. The second-order valence-corrected chi connectivity index (χ2v) is 8.87. The Hall–Kier alpha value is -2.73. The Balaban J connectivity index is 1.79. The zero-order chi connectivity index (χ0) is 22.8. The van der Waals surface area contributed by atoms with Crippen molar-refractivity contribution < 1.29 is 23.5 Å². The maximum atomic E-state index is 14.3. The number of rotatable bonds is 7. The molecule has 4 nitrogen and oxygen atoms in total. The first-order valence-corrected chi connectivity index (χ1v) is 10.4. The Labute approximate surface area is 185 Å². The standard InChI is InChI=1S/C24H24ClF2NO3/c1-24(2,17(23(30)31)12-15-6-4-3-5-7-15)14-28-11-10-16(13-20(28)29)21-19(26)9-8-18(25)22(21)27/h3-9,13,17H,10-12,14H2,1-2H3,(H,30,31). The maximum absolute atomic E-state index is 14.3. The highest BCUT2D eigenvalue weighted by molar-refractivity contribution is 6.31. The summed E-state index contributed by atoms with van der Waals surface area (Å²) in [5.74, 6) is -3.71. The van der Waals surface area contributed by atoms with Gasteiger partial charge in [-0.05, 0) is 41.5 Å². The molecule has 1 aliphatic heterocycles. The van der Waals surface area contributed by atoms with Gasteiger partial charge in [0.05, 0.1) is 16.5 Å². The van der Waals surface area contributed by atoms with Gasteiger partial charge >= 0.3 is 5.97 Å². The topological polar surface area (TPSA) is 57.6 Å². The van der Waals surface area contributed by atoms with Gasteiger partial charge in [0.15, 0.2) is 5.82 Å². The molecule has 0 aromatic heterocycles. The van der Waals surface area contributed by atoms with Crippen molar-refractivity contribution in [2.24, 2.45) is 11.3 Å². The summed E-state index contributed by atoms with van der Waals surface area (Å²) in [4.78, 5) is 26.3. The van der Waals surface area contributed by atoms with Crippen LogP contribution in [-0.4, -0.2) is 35.0 Å². The van der Waals surface area contributed by atoms with Crippen LogP contribution in [0.2, 0.25) is 5.02 Å². The average Bonchev–Trinajstić information content (AvgIpc) is 2.71. The highest BCUT2D eigenvalue weighted by Gasteiger charge is 2.38. The first-order chi connectivity index (χ1) is 14.6. The Morgan fingerprint density at radius 1 is 1.19 bits per heavy atom. The Morgan fingerprint density at radius 2 is 1.87 bits per heavy atom. The lowest BCUT2D eigenvalue weighted by Crippen LogP contribution is -2.46. The fraction of sp³-hybridized carbons (Fsp3) is 0.333. The number of carbonyl (C=O) groups excluding carboxylic acids is 1. The quantitative estimate of drug-likeness (QED) is 0.593. The predicted octanol–water partition coefficient (Wildman–Crippen LogP) is 5.20. The van der Waals surface area contributed by atoms with Crippen molar-refractivity contribution in [3.8, 4) is 0 Å². The normalized spacial score (nSPS) is 15.6. The predicted molar refractivity (Wildman–Crippen MR) is 116 cm³/mol. The summed E-state index contributed by atoms with van der Waals surface area (Å²) in [5, 5.41) is 9.62. The van der Waals surface area contributed by atoms with Crippen molar-refractivity contribution in [1.29, 1.82) is 0 Å². The molecule has 3 rings (SSSR count). The Bertz CT molecular complexity index is 1020. The number of hydrogen-bond acceptors (Lipinski definition) is 2. The SMILES string of the molecule is CC(C)(CN1CCC(c2c(F)ccc(Cl)c2F)=CC1=O)C(Cc1ccccc1)C(=O)O. The summed E-state index contributed by atoms with van der Waals surface area (Å²) in [6.07, 6.45) is 1.79. The van der Waals surface area contributed by atoms with Crippen LogP contribution in [0.4, 0.5) is 8.78 Å². The highest BCUT2D eigenvalue weighted by Crippen LogP contribution is 2.35. The molecule has 1 heterocycles. The molecule has 0 aliphatic carbocycles. The molecule has 1 N–H and O–H groups in total. The molecular weight excluding hydrogens is 424 g/mol. The zero-order valence-electron chi connectivity index (χ0n) is 17.4. The molecule has 1 aliphatic rings. The van der Waals surface area contributed by atoms with E-state index in [4.69, 9.17) is 11.6 Å². The van der Waals surface area contributed by atoms with Gasteiger partial charge in [0.25, 0.3) is 0 Å². The molecule has 164 valence electrons. The monoisotopic (exact) mass is 447 g/mol. The second kappa shape index (κ2) is 9.18. The van der Waals surface area contributed by atoms with Crippen LogP contribution in [0.5, 0.6) is 0 Å². The van der Waals surface area contributed by atoms with Gasteiger partial charge in [0.1, 0.15) is 5.82 Å². The van der Waals surface area contributed by atoms with Gasteiger partial charge in [-0.25, -0.2) is 8.78 Å². The highest BCUT2D eigenvalue weighted by atomic mass is 35.5. The van der Waals surface area contributed by atoms with E-state index >= 15 is 0 Å². The van der Waals surface area contributed by atoms with Gasteiger partial charge < -0.3 is 10.0 Å². The molecule has 2 aromatic rings. The molecule has 2 aromatic carbocycles. The third-order valence-corrected chi connectivity index (χ3v) is 6.04. The number of amides is 1. The first kappa shape index (κ1) is 22.9. The number of hydrogen-bond donors (Lipinski definition) is 1. The van der Waals surface area contributed by atoms with Crippen LogP contribution in [-0.2, 0) is 16.0 Å². The van der Waals surface area contributed by atoms with Crippen LogP contribution < -0.4 is 0 Å². The van der Waals surface area contributed by atoms with Gasteiger partial charge in [-0.3, -0.25) is 9.59 Å². The van der Waals surface area contributed by atoms with E-state index in [1.165, 1.54) is 11.0 Å². The number of carboxylic acid groups (broad SMARTS) is 1. The van der Waals surface area contributed by atoms with Crippen molar-refractivity contribution in [2.75, 3.05) is 13.1 Å². The number of carboxylic acids is 1. The number of aliphatic carboxylic acids is 1. The summed E-state index contributed by atoms with van der Waals surface area (Å²) in [6.45, 7) is 4.08. The molecule has 0 spiro atoms. The van der Waals surface area contributed by atoms with Gasteiger partial charge in [0.2, 0.25) is 5.91 Å². The minimum atomic E-state index is -0.933. The number of carbonyl (C=O) groups is 2. The smallest absolute Gasteiger partial charge is 0.307 e. The molecule has 0 fully saturated rings. The largest absolute Gasteiger partial charge is 0.481 e. The third-order valence-electron chi connectivity index (χ3n) is 5.75. The van der Waals surface area contributed by atoms with Gasteiger partial charge in [-0.1, -0.05) is 55.8 Å². The maximum Gasteiger partial charge on any atom is 0.307 e. The minimum absolute atomic E-state index is 0.208.